The number of ether oxygens (including phenoxy) is 1. The van der Waals surface area contributed by atoms with Crippen LogP contribution in [0.15, 0.2) is 42.5 Å². The van der Waals surface area contributed by atoms with Gasteiger partial charge in [-0.25, -0.2) is 4.39 Å². The molecule has 0 aliphatic carbocycles. The molecule has 7 rings (SSSR count). The van der Waals surface area contributed by atoms with Crippen LogP contribution >= 0.6 is 11.6 Å². The Bertz CT molecular complexity index is 1570. The van der Waals surface area contributed by atoms with E-state index in [0.717, 1.165) is 56.1 Å². The van der Waals surface area contributed by atoms with Gasteiger partial charge >= 0.3 is 6.01 Å². The van der Waals surface area contributed by atoms with Crippen LogP contribution in [-0.4, -0.2) is 71.4 Å². The summed E-state index contributed by atoms with van der Waals surface area (Å²) < 4.78 is 22.6. The number of hydrogen-bond acceptors (Lipinski definition) is 7. The van der Waals surface area contributed by atoms with Crippen molar-refractivity contribution in [3.8, 4) is 22.9 Å². The summed E-state index contributed by atoms with van der Waals surface area (Å²) in [5.41, 5.74) is 0.905. The standard InChI is InChI=1S/C30H31ClFN5O2/c1-36-10-8-20(36)9-11-39-30-34-28-24(29(35-30)37-15-18-6-7-19(16-37)33-18)14-25(31)26(27(28)32)23-13-21(38)12-17-4-2-3-5-22(17)23/h2-5,12-14,18-20,33,38H,6-11,15-16H2,1H3/t18?,19?,20-/m0/s1. The van der Waals surface area contributed by atoms with Crippen LogP contribution < -0.4 is 15.0 Å². The summed E-state index contributed by atoms with van der Waals surface area (Å²) >= 11 is 6.83. The smallest absolute Gasteiger partial charge is 0.319 e. The monoisotopic (exact) mass is 547 g/mol. The number of nitrogens with zero attached hydrogens (tertiary/aromatic N) is 4. The first-order valence-electron chi connectivity index (χ1n) is 13.7. The van der Waals surface area contributed by atoms with Gasteiger partial charge < -0.3 is 25.0 Å². The van der Waals surface area contributed by atoms with Crippen molar-refractivity contribution in [1.29, 1.82) is 0 Å². The van der Waals surface area contributed by atoms with E-state index in [2.05, 4.69) is 27.1 Å². The molecular weight excluding hydrogens is 517 g/mol. The van der Waals surface area contributed by atoms with Crippen molar-refractivity contribution >= 4 is 39.1 Å². The van der Waals surface area contributed by atoms with Gasteiger partial charge in [0.1, 0.15) is 17.1 Å². The Balaban J connectivity index is 1.36. The number of aromatic hydroxyl groups is 1. The average molecular weight is 548 g/mol. The maximum absolute atomic E-state index is 16.6. The fraction of sp³-hybridized carbons (Fsp3) is 0.400. The highest BCUT2D eigenvalue weighted by molar-refractivity contribution is 6.35. The van der Waals surface area contributed by atoms with Gasteiger partial charge in [0.15, 0.2) is 5.82 Å². The summed E-state index contributed by atoms with van der Waals surface area (Å²) in [6.07, 6.45) is 4.26. The maximum Gasteiger partial charge on any atom is 0.319 e. The zero-order valence-corrected chi connectivity index (χ0v) is 22.6. The third-order valence-corrected chi connectivity index (χ3v) is 8.89. The molecule has 3 fully saturated rings. The molecule has 3 aromatic carbocycles. The number of aromatic nitrogens is 2. The minimum absolute atomic E-state index is 0.0453. The highest BCUT2D eigenvalue weighted by Crippen LogP contribution is 2.43. The number of hydrogen-bond donors (Lipinski definition) is 2. The molecule has 7 nitrogen and oxygen atoms in total. The lowest BCUT2D eigenvalue weighted by molar-refractivity contribution is 0.100. The van der Waals surface area contributed by atoms with E-state index in [1.54, 1.807) is 18.2 Å². The number of halogens is 2. The Morgan fingerprint density at radius 1 is 1.08 bits per heavy atom. The third kappa shape index (κ3) is 4.44. The first-order chi connectivity index (χ1) is 18.9. The van der Waals surface area contributed by atoms with Crippen molar-refractivity contribution in [2.75, 3.05) is 38.2 Å². The first kappa shape index (κ1) is 24.8. The fourth-order valence-corrected chi connectivity index (χ4v) is 6.70. The van der Waals surface area contributed by atoms with E-state index < -0.39 is 5.82 Å². The van der Waals surface area contributed by atoms with E-state index in [1.807, 2.05) is 24.3 Å². The Labute approximate surface area is 231 Å². The summed E-state index contributed by atoms with van der Waals surface area (Å²) in [7, 11) is 2.11. The van der Waals surface area contributed by atoms with Crippen LogP contribution in [0.2, 0.25) is 5.02 Å². The lowest BCUT2D eigenvalue weighted by atomic mass is 9.96. The zero-order chi connectivity index (χ0) is 26.7. The van der Waals surface area contributed by atoms with E-state index in [9.17, 15) is 5.11 Å². The zero-order valence-electron chi connectivity index (χ0n) is 21.8. The Morgan fingerprint density at radius 2 is 1.87 bits per heavy atom. The van der Waals surface area contributed by atoms with Crippen molar-refractivity contribution in [3.63, 3.8) is 0 Å². The lowest BCUT2D eigenvalue weighted by Gasteiger charge is -2.37. The highest BCUT2D eigenvalue weighted by Gasteiger charge is 2.34. The molecule has 2 bridgehead atoms. The molecule has 2 N–H and O–H groups in total. The molecule has 2 unspecified atom stereocenters. The van der Waals surface area contributed by atoms with E-state index >= 15 is 4.39 Å². The maximum atomic E-state index is 16.6. The van der Waals surface area contributed by atoms with Gasteiger partial charge in [0, 0.05) is 42.2 Å². The van der Waals surface area contributed by atoms with Crippen LogP contribution in [-0.2, 0) is 0 Å². The van der Waals surface area contributed by atoms with Gasteiger partial charge in [0.25, 0.3) is 0 Å². The minimum Gasteiger partial charge on any atom is -0.508 e. The van der Waals surface area contributed by atoms with Crippen LogP contribution in [0.5, 0.6) is 11.8 Å². The van der Waals surface area contributed by atoms with E-state index in [4.69, 9.17) is 21.3 Å². The normalized spacial score (nSPS) is 22.9. The van der Waals surface area contributed by atoms with Gasteiger partial charge in [-0.3, -0.25) is 0 Å². The molecule has 4 aromatic rings. The summed E-state index contributed by atoms with van der Waals surface area (Å²) in [6, 6.07) is 14.0. The Hall–Kier alpha value is -3.20. The van der Waals surface area contributed by atoms with Gasteiger partial charge in [-0.1, -0.05) is 35.9 Å². The molecule has 39 heavy (non-hydrogen) atoms. The first-order valence-corrected chi connectivity index (χ1v) is 14.1. The minimum atomic E-state index is -0.543. The van der Waals surface area contributed by atoms with Crippen molar-refractivity contribution in [3.05, 3.63) is 53.3 Å². The average Bonchev–Trinajstić information content (AvgIpc) is 3.27. The number of anilines is 1. The molecular formula is C30H31ClFN5O2. The number of phenolic OH excluding ortho intramolecular Hbond substituents is 1. The number of phenols is 1. The Kier molecular flexibility index (Phi) is 6.21. The van der Waals surface area contributed by atoms with E-state index in [-0.39, 0.29) is 27.9 Å². The largest absolute Gasteiger partial charge is 0.508 e. The second kappa shape index (κ2) is 9.77. The second-order valence-corrected chi connectivity index (χ2v) is 11.5. The van der Waals surface area contributed by atoms with Gasteiger partial charge in [0.2, 0.25) is 0 Å². The highest BCUT2D eigenvalue weighted by atomic mass is 35.5. The fourth-order valence-electron chi connectivity index (χ4n) is 6.40. The van der Waals surface area contributed by atoms with Gasteiger partial charge in [-0.2, -0.15) is 9.97 Å². The van der Waals surface area contributed by atoms with Crippen LogP contribution in [0.3, 0.4) is 0 Å². The summed E-state index contributed by atoms with van der Waals surface area (Å²) in [4.78, 5) is 13.9. The lowest BCUT2D eigenvalue weighted by Crippen LogP contribution is -2.51. The molecule has 0 saturated carbocycles. The summed E-state index contributed by atoms with van der Waals surface area (Å²) in [5.74, 6) is 0.157. The van der Waals surface area contributed by atoms with Crippen LogP contribution in [0, 0.1) is 5.82 Å². The Morgan fingerprint density at radius 3 is 2.62 bits per heavy atom. The molecule has 3 aliphatic heterocycles. The molecule has 0 spiro atoms. The second-order valence-electron chi connectivity index (χ2n) is 11.1. The predicted octanol–water partition coefficient (Wildman–Crippen LogP) is 5.36. The molecule has 0 amide bonds. The number of piperazine rings is 1. The molecule has 4 heterocycles. The summed E-state index contributed by atoms with van der Waals surface area (Å²) in [5, 5.41) is 16.5. The van der Waals surface area contributed by atoms with Crippen molar-refractivity contribution in [1.82, 2.24) is 20.2 Å². The molecule has 202 valence electrons. The molecule has 3 saturated heterocycles. The van der Waals surface area contributed by atoms with Gasteiger partial charge in [0.05, 0.1) is 11.6 Å². The SMILES string of the molecule is CN1CC[C@H]1CCOc1nc(N2CC3CCC(C2)N3)c2cc(Cl)c(-c3cc(O)cc4ccccc34)c(F)c2n1. The number of nitrogens with one attached hydrogen (secondary N) is 1. The van der Waals surface area contributed by atoms with Crippen LogP contribution in [0.1, 0.15) is 25.7 Å². The number of benzene rings is 3. The third-order valence-electron chi connectivity index (χ3n) is 8.59. The number of fused-ring (bicyclic) bond motifs is 4. The van der Waals surface area contributed by atoms with Crippen LogP contribution in [0.25, 0.3) is 32.8 Å². The predicted molar refractivity (Wildman–Crippen MR) is 152 cm³/mol. The van der Waals surface area contributed by atoms with Crippen molar-refractivity contribution in [2.24, 2.45) is 0 Å². The molecule has 1 aromatic heterocycles. The molecule has 3 atom stereocenters. The number of likely N-dealkylation sites (tertiary alicyclic amines) is 1. The molecule has 3 aliphatic rings. The van der Waals surface area contributed by atoms with Crippen LogP contribution in [0.4, 0.5) is 10.2 Å². The van der Waals surface area contributed by atoms with E-state index in [1.165, 1.54) is 0 Å². The van der Waals surface area contributed by atoms with Gasteiger partial charge in [-0.15, -0.1) is 0 Å². The summed E-state index contributed by atoms with van der Waals surface area (Å²) in [6.45, 7) is 3.14. The van der Waals surface area contributed by atoms with Crippen molar-refractivity contribution in [2.45, 2.75) is 43.8 Å². The molecule has 0 radical (unpaired) electrons. The van der Waals surface area contributed by atoms with E-state index in [0.29, 0.717) is 41.5 Å². The van der Waals surface area contributed by atoms with Gasteiger partial charge in [-0.05, 0) is 73.8 Å². The quantitative estimate of drug-likeness (QED) is 0.336. The molecule has 9 heteroatoms. The topological polar surface area (TPSA) is 73.8 Å². The number of rotatable bonds is 6. The van der Waals surface area contributed by atoms with Crippen molar-refractivity contribution < 1.29 is 14.2 Å².